The summed E-state index contributed by atoms with van der Waals surface area (Å²) in [6.45, 7) is 7.37. The topological polar surface area (TPSA) is 94.3 Å². The zero-order chi connectivity index (χ0) is 20.3. The number of ether oxygens (including phenoxy) is 1. The molecule has 3 aromatic rings. The molecule has 2 aromatic heterocycles. The normalized spacial score (nSPS) is 11.0. The standard InChI is InChI=1S/C19H21N3O4S2/c1-10-5-11(2)18-15(6-10)28-19(21-18)20-16(23)7-25-17(24)9-27-8-14-12(3)22-26-13(14)4/h5-6H,7-9H2,1-4H3,(H,20,21,23). The van der Waals surface area contributed by atoms with Crippen molar-refractivity contribution in [2.24, 2.45) is 0 Å². The largest absolute Gasteiger partial charge is 0.455 e. The van der Waals surface area contributed by atoms with Crippen LogP contribution in [0.5, 0.6) is 0 Å². The SMILES string of the molecule is Cc1cc(C)c2nc(NC(=O)COC(=O)CSCc3c(C)noc3C)sc2c1. The molecule has 1 amide bonds. The highest BCUT2D eigenvalue weighted by Gasteiger charge is 2.13. The number of carbonyl (C=O) groups excluding carboxylic acids is 2. The van der Waals surface area contributed by atoms with Crippen molar-refractivity contribution in [3.05, 3.63) is 40.3 Å². The van der Waals surface area contributed by atoms with E-state index in [0.717, 1.165) is 38.4 Å². The Bertz CT molecular complexity index is 1010. The highest BCUT2D eigenvalue weighted by atomic mass is 32.2. The average Bonchev–Trinajstić information content (AvgIpc) is 3.17. The number of carbonyl (C=O) groups is 2. The second kappa shape index (κ2) is 8.74. The number of hydrogen-bond donors (Lipinski definition) is 1. The first-order chi connectivity index (χ1) is 13.3. The molecule has 0 bridgehead atoms. The van der Waals surface area contributed by atoms with Crippen molar-refractivity contribution in [2.45, 2.75) is 33.4 Å². The van der Waals surface area contributed by atoms with Crippen LogP contribution in [-0.2, 0) is 20.1 Å². The molecular weight excluding hydrogens is 398 g/mol. The molecule has 3 rings (SSSR count). The van der Waals surface area contributed by atoms with Gasteiger partial charge in [0, 0.05) is 11.3 Å². The number of rotatable bonds is 7. The Morgan fingerprint density at radius 2 is 2.04 bits per heavy atom. The molecule has 7 nitrogen and oxygen atoms in total. The number of thiazole rings is 1. The zero-order valence-corrected chi connectivity index (χ0v) is 17.8. The summed E-state index contributed by atoms with van der Waals surface area (Å²) in [5.41, 5.74) is 4.89. The highest BCUT2D eigenvalue weighted by molar-refractivity contribution is 7.99. The number of aromatic nitrogens is 2. The van der Waals surface area contributed by atoms with Gasteiger partial charge in [-0.05, 0) is 44.9 Å². The fourth-order valence-corrected chi connectivity index (χ4v) is 4.74. The summed E-state index contributed by atoms with van der Waals surface area (Å²) in [6.07, 6.45) is 0. The minimum Gasteiger partial charge on any atom is -0.455 e. The molecule has 148 valence electrons. The lowest BCUT2D eigenvalue weighted by atomic mass is 10.1. The van der Waals surface area contributed by atoms with Crippen LogP contribution in [0, 0.1) is 27.7 Å². The van der Waals surface area contributed by atoms with Gasteiger partial charge < -0.3 is 9.26 Å². The number of nitrogens with one attached hydrogen (secondary N) is 1. The summed E-state index contributed by atoms with van der Waals surface area (Å²) in [6, 6.07) is 4.08. The van der Waals surface area contributed by atoms with E-state index in [1.807, 2.05) is 33.8 Å². The number of aryl methyl sites for hydroxylation is 4. The van der Waals surface area contributed by atoms with Gasteiger partial charge in [0.05, 0.1) is 21.7 Å². The molecule has 2 heterocycles. The van der Waals surface area contributed by atoms with Gasteiger partial charge in [0.1, 0.15) is 5.76 Å². The Balaban J connectivity index is 1.45. The number of thioether (sulfide) groups is 1. The minimum absolute atomic E-state index is 0.150. The molecule has 1 aromatic carbocycles. The third-order valence-corrected chi connectivity index (χ3v) is 5.94. The second-order valence-electron chi connectivity index (χ2n) is 6.45. The van der Waals surface area contributed by atoms with Crippen LogP contribution in [0.15, 0.2) is 16.7 Å². The van der Waals surface area contributed by atoms with E-state index in [2.05, 4.69) is 21.5 Å². The number of benzene rings is 1. The van der Waals surface area contributed by atoms with Crippen LogP contribution in [0.1, 0.15) is 28.1 Å². The van der Waals surface area contributed by atoms with Crippen LogP contribution in [0.3, 0.4) is 0 Å². The summed E-state index contributed by atoms with van der Waals surface area (Å²) >= 11 is 2.79. The molecule has 0 saturated heterocycles. The first-order valence-electron chi connectivity index (χ1n) is 8.66. The molecule has 0 saturated carbocycles. The van der Waals surface area contributed by atoms with Crippen molar-refractivity contribution in [3.63, 3.8) is 0 Å². The summed E-state index contributed by atoms with van der Waals surface area (Å²) in [7, 11) is 0. The summed E-state index contributed by atoms with van der Waals surface area (Å²) < 4.78 is 11.1. The van der Waals surface area contributed by atoms with Gasteiger partial charge in [-0.1, -0.05) is 22.6 Å². The Morgan fingerprint density at radius 3 is 2.75 bits per heavy atom. The van der Waals surface area contributed by atoms with E-state index in [-0.39, 0.29) is 12.4 Å². The number of nitrogens with zero attached hydrogens (tertiary/aromatic N) is 2. The molecule has 0 aliphatic carbocycles. The van der Waals surface area contributed by atoms with E-state index in [1.54, 1.807) is 0 Å². The van der Waals surface area contributed by atoms with Gasteiger partial charge in [-0.15, -0.1) is 11.8 Å². The van der Waals surface area contributed by atoms with Crippen LogP contribution >= 0.6 is 23.1 Å². The third kappa shape index (κ3) is 4.90. The maximum atomic E-state index is 12.0. The van der Waals surface area contributed by atoms with Crippen molar-refractivity contribution in [1.82, 2.24) is 10.1 Å². The minimum atomic E-state index is -0.442. The van der Waals surface area contributed by atoms with Gasteiger partial charge in [0.15, 0.2) is 11.7 Å². The van der Waals surface area contributed by atoms with Crippen LogP contribution in [0.2, 0.25) is 0 Å². The molecular formula is C19H21N3O4S2. The maximum Gasteiger partial charge on any atom is 0.316 e. The summed E-state index contributed by atoms with van der Waals surface area (Å²) in [5, 5.41) is 7.07. The van der Waals surface area contributed by atoms with Crippen LogP contribution < -0.4 is 5.32 Å². The maximum absolute atomic E-state index is 12.0. The first-order valence-corrected chi connectivity index (χ1v) is 10.6. The van der Waals surface area contributed by atoms with E-state index < -0.39 is 11.9 Å². The van der Waals surface area contributed by atoms with Gasteiger partial charge in [-0.3, -0.25) is 14.9 Å². The van der Waals surface area contributed by atoms with Gasteiger partial charge in [-0.25, -0.2) is 4.98 Å². The fraction of sp³-hybridized carbons (Fsp3) is 0.368. The van der Waals surface area contributed by atoms with Crippen molar-refractivity contribution < 1.29 is 18.8 Å². The van der Waals surface area contributed by atoms with Crippen molar-refractivity contribution in [2.75, 3.05) is 17.7 Å². The Morgan fingerprint density at radius 1 is 1.25 bits per heavy atom. The Hall–Kier alpha value is -2.39. The van der Waals surface area contributed by atoms with Crippen LogP contribution in [0.25, 0.3) is 10.2 Å². The van der Waals surface area contributed by atoms with E-state index >= 15 is 0 Å². The van der Waals surface area contributed by atoms with E-state index in [4.69, 9.17) is 9.26 Å². The summed E-state index contributed by atoms with van der Waals surface area (Å²) in [4.78, 5) is 28.3. The van der Waals surface area contributed by atoms with Crippen molar-refractivity contribution in [1.29, 1.82) is 0 Å². The molecule has 0 radical (unpaired) electrons. The number of esters is 1. The molecule has 0 atom stereocenters. The molecule has 28 heavy (non-hydrogen) atoms. The lowest BCUT2D eigenvalue weighted by molar-refractivity contribution is -0.144. The first kappa shape index (κ1) is 20.3. The Kier molecular flexibility index (Phi) is 6.35. The van der Waals surface area contributed by atoms with Gasteiger partial charge in [0.25, 0.3) is 5.91 Å². The average molecular weight is 420 g/mol. The smallest absolute Gasteiger partial charge is 0.316 e. The Labute approximate surface area is 170 Å². The predicted octanol–water partition coefficient (Wildman–Crippen LogP) is 3.93. The van der Waals surface area contributed by atoms with Crippen LogP contribution in [-0.4, -0.2) is 34.4 Å². The molecule has 0 fully saturated rings. The van der Waals surface area contributed by atoms with Crippen molar-refractivity contribution in [3.8, 4) is 0 Å². The number of anilines is 1. The zero-order valence-electron chi connectivity index (χ0n) is 16.1. The molecule has 0 spiro atoms. The van der Waals surface area contributed by atoms with E-state index in [9.17, 15) is 9.59 Å². The fourth-order valence-electron chi connectivity index (χ4n) is 2.71. The third-order valence-electron chi connectivity index (χ3n) is 4.09. The number of hydrogen-bond acceptors (Lipinski definition) is 8. The molecule has 0 aliphatic rings. The van der Waals surface area contributed by atoms with Crippen molar-refractivity contribution >= 4 is 50.3 Å². The lowest BCUT2D eigenvalue weighted by Gasteiger charge is -2.04. The highest BCUT2D eigenvalue weighted by Crippen LogP contribution is 2.29. The molecule has 1 N–H and O–H groups in total. The van der Waals surface area contributed by atoms with Gasteiger partial charge in [0.2, 0.25) is 0 Å². The van der Waals surface area contributed by atoms with Crippen LogP contribution in [0.4, 0.5) is 5.13 Å². The van der Waals surface area contributed by atoms with E-state index in [1.165, 1.54) is 23.1 Å². The number of amides is 1. The molecule has 0 unspecified atom stereocenters. The number of fused-ring (bicyclic) bond motifs is 1. The quantitative estimate of drug-likeness (QED) is 0.580. The second-order valence-corrected chi connectivity index (χ2v) is 8.47. The predicted molar refractivity (Wildman–Crippen MR) is 111 cm³/mol. The monoisotopic (exact) mass is 419 g/mol. The van der Waals surface area contributed by atoms with Gasteiger partial charge >= 0.3 is 5.97 Å². The molecule has 9 heteroatoms. The lowest BCUT2D eigenvalue weighted by Crippen LogP contribution is -2.21. The van der Waals surface area contributed by atoms with E-state index in [0.29, 0.717) is 10.9 Å². The summed E-state index contributed by atoms with van der Waals surface area (Å²) in [5.74, 6) is 0.656. The molecule has 0 aliphatic heterocycles. The van der Waals surface area contributed by atoms with Gasteiger partial charge in [-0.2, -0.15) is 0 Å².